The number of nitrogens with two attached hydrogens (primary N) is 1. The Bertz CT molecular complexity index is 1120. The van der Waals surface area contributed by atoms with E-state index in [2.05, 4.69) is 23.0 Å². The molecule has 9 heteroatoms. The molecule has 0 bridgehead atoms. The number of thiophene rings is 1. The molecule has 0 spiro atoms. The molecule has 0 fully saturated rings. The molecule has 154 valence electrons. The van der Waals surface area contributed by atoms with Gasteiger partial charge in [0.05, 0.1) is 6.33 Å². The zero-order chi connectivity index (χ0) is 21.2. The third kappa shape index (κ3) is 5.04. The van der Waals surface area contributed by atoms with E-state index in [4.69, 9.17) is 5.73 Å². The van der Waals surface area contributed by atoms with Gasteiger partial charge in [0.15, 0.2) is 4.21 Å². The number of aromatic nitrogens is 2. The van der Waals surface area contributed by atoms with E-state index in [1.54, 1.807) is 12.5 Å². The molecule has 2 N–H and O–H groups in total. The molecule has 7 nitrogen and oxygen atoms in total. The van der Waals surface area contributed by atoms with Crippen molar-refractivity contribution in [3.05, 3.63) is 59.0 Å². The molecule has 1 amide bonds. The molecule has 0 saturated carbocycles. The minimum Gasteiger partial charge on any atom is -0.334 e. The van der Waals surface area contributed by atoms with Crippen molar-refractivity contribution in [2.75, 3.05) is 0 Å². The zero-order valence-electron chi connectivity index (χ0n) is 16.5. The summed E-state index contributed by atoms with van der Waals surface area (Å²) >= 11 is 1.12. The molecule has 3 aromatic rings. The van der Waals surface area contributed by atoms with E-state index in [0.29, 0.717) is 18.0 Å². The third-order valence-corrected chi connectivity index (χ3v) is 7.15. The molecule has 2 heterocycles. The summed E-state index contributed by atoms with van der Waals surface area (Å²) < 4.78 is 31.6. The second kappa shape index (κ2) is 8.38. The van der Waals surface area contributed by atoms with Gasteiger partial charge in [0.25, 0.3) is 0 Å². The van der Waals surface area contributed by atoms with Gasteiger partial charge in [-0.25, -0.2) is 9.78 Å². The van der Waals surface area contributed by atoms with Crippen molar-refractivity contribution < 1.29 is 17.4 Å². The van der Waals surface area contributed by atoms with Crippen molar-refractivity contribution in [3.63, 3.8) is 0 Å². The lowest BCUT2D eigenvalue weighted by Crippen LogP contribution is -2.18. The maximum Gasteiger partial charge on any atom is 0.420 e. The molecule has 3 rings (SSSR count). The Balaban J connectivity index is 2.04. The minimum absolute atomic E-state index is 0.00240. The Morgan fingerprint density at radius 1 is 1.28 bits per heavy atom. The quantitative estimate of drug-likeness (QED) is 0.568. The van der Waals surface area contributed by atoms with E-state index in [-0.39, 0.29) is 4.21 Å². The van der Waals surface area contributed by atoms with Crippen LogP contribution in [0.25, 0.3) is 11.1 Å². The van der Waals surface area contributed by atoms with Crippen molar-refractivity contribution in [2.24, 2.45) is 11.7 Å². The highest BCUT2D eigenvalue weighted by atomic mass is 32.3. The molecule has 0 saturated heterocycles. The van der Waals surface area contributed by atoms with Gasteiger partial charge in [0.1, 0.15) is 0 Å². The van der Waals surface area contributed by atoms with E-state index in [9.17, 15) is 13.2 Å². The molecule has 29 heavy (non-hydrogen) atoms. The lowest BCUT2D eigenvalue weighted by molar-refractivity contribution is 0.213. The minimum atomic E-state index is -4.29. The first kappa shape index (κ1) is 21.1. The fourth-order valence-corrected chi connectivity index (χ4v) is 5.84. The SMILES string of the molecule is Cc1cc(Cn2ccnc2)ccc1-c1cc(CC(C)C)sc1S(=O)(=O)OC(N)=O. The average Bonchev–Trinajstić information content (AvgIpc) is 3.23. The van der Waals surface area contributed by atoms with E-state index < -0.39 is 16.2 Å². The van der Waals surface area contributed by atoms with Gasteiger partial charge in [-0.05, 0) is 42.0 Å². The fourth-order valence-electron chi connectivity index (χ4n) is 3.16. The van der Waals surface area contributed by atoms with E-state index in [1.807, 2.05) is 42.0 Å². The molecule has 0 atom stereocenters. The highest BCUT2D eigenvalue weighted by molar-refractivity contribution is 7.89. The Kier molecular flexibility index (Phi) is 6.09. The summed E-state index contributed by atoms with van der Waals surface area (Å²) in [6.45, 7) is 6.71. The van der Waals surface area contributed by atoms with Crippen LogP contribution in [0.4, 0.5) is 4.79 Å². The van der Waals surface area contributed by atoms with Crippen LogP contribution in [0.3, 0.4) is 0 Å². The Labute approximate surface area is 174 Å². The Morgan fingerprint density at radius 3 is 2.62 bits per heavy atom. The van der Waals surface area contributed by atoms with Crippen LogP contribution in [-0.4, -0.2) is 24.1 Å². The second-order valence-corrected chi connectivity index (χ2v) is 10.1. The van der Waals surface area contributed by atoms with Crippen LogP contribution in [0.1, 0.15) is 29.9 Å². The van der Waals surface area contributed by atoms with Crippen molar-refractivity contribution in [3.8, 4) is 11.1 Å². The highest BCUT2D eigenvalue weighted by Crippen LogP contribution is 2.38. The molecule has 1 aromatic carbocycles. The van der Waals surface area contributed by atoms with Crippen LogP contribution < -0.4 is 5.73 Å². The zero-order valence-corrected chi connectivity index (χ0v) is 18.1. The topological polar surface area (TPSA) is 104 Å². The Morgan fingerprint density at radius 2 is 2.03 bits per heavy atom. The van der Waals surface area contributed by atoms with Crippen LogP contribution in [0.5, 0.6) is 0 Å². The van der Waals surface area contributed by atoms with Crippen molar-refractivity contribution >= 4 is 27.5 Å². The molecule has 0 unspecified atom stereocenters. The van der Waals surface area contributed by atoms with Gasteiger partial charge in [-0.15, -0.1) is 11.3 Å². The summed E-state index contributed by atoms with van der Waals surface area (Å²) in [6, 6.07) is 7.72. The second-order valence-electron chi connectivity index (χ2n) is 7.25. The first-order valence-electron chi connectivity index (χ1n) is 9.08. The summed E-state index contributed by atoms with van der Waals surface area (Å²) in [5.41, 5.74) is 8.26. The van der Waals surface area contributed by atoms with Gasteiger partial charge >= 0.3 is 16.2 Å². The van der Waals surface area contributed by atoms with Crippen molar-refractivity contribution in [1.29, 1.82) is 0 Å². The number of imidazole rings is 1. The smallest absolute Gasteiger partial charge is 0.334 e. The molecule has 0 radical (unpaired) electrons. The molecule has 0 aliphatic rings. The molecule has 0 aliphatic carbocycles. The van der Waals surface area contributed by atoms with E-state index in [0.717, 1.165) is 39.3 Å². The number of amides is 1. The van der Waals surface area contributed by atoms with Crippen LogP contribution in [0, 0.1) is 12.8 Å². The van der Waals surface area contributed by atoms with Gasteiger partial charge in [0, 0.05) is 29.4 Å². The van der Waals surface area contributed by atoms with Gasteiger partial charge in [-0.2, -0.15) is 8.42 Å². The maximum absolute atomic E-state index is 12.6. The summed E-state index contributed by atoms with van der Waals surface area (Å²) in [5, 5.41) is 0. The monoisotopic (exact) mass is 433 g/mol. The lowest BCUT2D eigenvalue weighted by Gasteiger charge is -2.10. The summed E-state index contributed by atoms with van der Waals surface area (Å²) in [7, 11) is -4.29. The molecule has 0 aliphatic heterocycles. The number of primary amides is 1. The first-order chi connectivity index (χ1) is 13.7. The molecular weight excluding hydrogens is 410 g/mol. The predicted molar refractivity (Wildman–Crippen MR) is 112 cm³/mol. The van der Waals surface area contributed by atoms with Gasteiger partial charge < -0.3 is 14.5 Å². The Hall–Kier alpha value is -2.65. The van der Waals surface area contributed by atoms with Crippen LogP contribution in [0.15, 0.2) is 47.2 Å². The van der Waals surface area contributed by atoms with Crippen LogP contribution in [-0.2, 0) is 27.3 Å². The number of carbonyl (C=O) groups is 1. The van der Waals surface area contributed by atoms with Gasteiger partial charge in [-0.3, -0.25) is 0 Å². The number of benzene rings is 1. The summed E-state index contributed by atoms with van der Waals surface area (Å²) in [5.74, 6) is 0.354. The number of aryl methyl sites for hydroxylation is 1. The summed E-state index contributed by atoms with van der Waals surface area (Å²) in [6.07, 6.45) is 4.72. The number of hydrogen-bond donors (Lipinski definition) is 1. The predicted octanol–water partition coefficient (Wildman–Crippen LogP) is 3.95. The number of carbonyl (C=O) groups excluding carboxylic acids is 1. The number of hydrogen-bond acceptors (Lipinski definition) is 6. The normalized spacial score (nSPS) is 11.7. The van der Waals surface area contributed by atoms with E-state index in [1.165, 1.54) is 0 Å². The number of rotatable bonds is 7. The fraction of sp³-hybridized carbons (Fsp3) is 0.300. The summed E-state index contributed by atoms with van der Waals surface area (Å²) in [4.78, 5) is 16.0. The lowest BCUT2D eigenvalue weighted by atomic mass is 9.99. The third-order valence-electron chi connectivity index (χ3n) is 4.28. The van der Waals surface area contributed by atoms with Gasteiger partial charge in [0.2, 0.25) is 0 Å². The van der Waals surface area contributed by atoms with E-state index >= 15 is 0 Å². The van der Waals surface area contributed by atoms with Crippen LogP contribution >= 0.6 is 11.3 Å². The van der Waals surface area contributed by atoms with Crippen LogP contribution in [0.2, 0.25) is 0 Å². The maximum atomic E-state index is 12.6. The standard InChI is InChI=1S/C20H23N3O4S2/c1-13(2)8-16-10-18(19(28-16)29(25,26)27-20(21)24)17-5-4-15(9-14(17)3)11-23-7-6-22-12-23/h4-7,9-10,12-13H,8,11H2,1-3H3,(H2,21,24). The molecular formula is C20H23N3O4S2. The number of nitrogens with zero attached hydrogens (tertiary/aromatic N) is 2. The molecule has 2 aromatic heterocycles. The van der Waals surface area contributed by atoms with Crippen molar-refractivity contribution in [1.82, 2.24) is 9.55 Å². The van der Waals surface area contributed by atoms with Gasteiger partial charge in [-0.1, -0.05) is 32.0 Å². The van der Waals surface area contributed by atoms with Crippen molar-refractivity contribution in [2.45, 2.75) is 37.9 Å². The first-order valence-corrected chi connectivity index (χ1v) is 11.3. The average molecular weight is 434 g/mol. The highest BCUT2D eigenvalue weighted by Gasteiger charge is 2.27. The largest absolute Gasteiger partial charge is 0.420 e.